The zero-order chi connectivity index (χ0) is 18.2. The molecule has 8 nitrogen and oxygen atoms in total. The molecule has 1 aliphatic rings. The minimum absolute atomic E-state index is 0.689. The van der Waals surface area contributed by atoms with Gasteiger partial charge in [0.05, 0.1) is 0 Å². The fourth-order valence-electron chi connectivity index (χ4n) is 2.67. The highest BCUT2D eigenvalue weighted by molar-refractivity contribution is 6.01. The molecule has 130 valence electrons. The summed E-state index contributed by atoms with van der Waals surface area (Å²) in [5, 5.41) is 4.27. The number of ether oxygens (including phenoxy) is 1. The number of rotatable bonds is 0. The van der Waals surface area contributed by atoms with E-state index in [-0.39, 0.29) is 0 Å². The molecule has 0 aromatic heterocycles. The number of hydrogen-bond donors (Lipinski definition) is 3. The van der Waals surface area contributed by atoms with E-state index in [9.17, 15) is 0 Å². The second-order valence-corrected chi connectivity index (χ2v) is 6.10. The average molecular weight is 364 g/mol. The lowest BCUT2D eigenvalue weighted by Crippen LogP contribution is -2.72. The monoisotopic (exact) mass is 363 g/mol. The molecule has 4 rings (SSSR count). The smallest absolute Gasteiger partial charge is 0.191 e. The molecule has 0 amide bonds. The first-order valence-electron chi connectivity index (χ1n) is 7.07. The molecule has 9 heteroatoms. The molecule has 0 saturated carbocycles. The van der Waals surface area contributed by atoms with Crippen LogP contribution in [0.1, 0.15) is 0 Å². The van der Waals surface area contributed by atoms with E-state index in [1.807, 2.05) is 42.5 Å². The minimum Gasteiger partial charge on any atom is -0.445 e. The van der Waals surface area contributed by atoms with Gasteiger partial charge in [-0.1, -0.05) is 18.2 Å². The number of anilines is 2. The normalized spacial score (nSPS) is 12.5. The molecule has 0 aliphatic carbocycles. The van der Waals surface area contributed by atoms with E-state index in [0.717, 1.165) is 39.3 Å². The maximum absolute atomic E-state index is 8.49. The Labute approximate surface area is 144 Å². The van der Waals surface area contributed by atoms with Gasteiger partial charge in [-0.2, -0.15) is 0 Å². The van der Waals surface area contributed by atoms with Crippen LogP contribution in [0.15, 0.2) is 48.5 Å². The van der Waals surface area contributed by atoms with Crippen molar-refractivity contribution in [1.29, 1.82) is 0 Å². The first kappa shape index (κ1) is 17.2. The molecule has 0 bridgehead atoms. The number of nitrogens with two attached hydrogens (primary N) is 3. The van der Waals surface area contributed by atoms with Crippen molar-refractivity contribution >= 4 is 33.5 Å². The minimum atomic E-state index is -4.94. The van der Waals surface area contributed by atoms with Crippen molar-refractivity contribution in [3.05, 3.63) is 48.5 Å². The third-order valence-corrected chi connectivity index (χ3v) is 3.64. The Balaban J connectivity index is 0.000000324. The van der Waals surface area contributed by atoms with E-state index >= 15 is 0 Å². The van der Waals surface area contributed by atoms with E-state index in [1.54, 1.807) is 0 Å². The molecule has 3 aromatic rings. The fourth-order valence-corrected chi connectivity index (χ4v) is 2.67. The summed E-state index contributed by atoms with van der Waals surface area (Å²) in [5.41, 5.74) is 15.4. The highest BCUT2D eigenvalue weighted by Crippen LogP contribution is 2.42. The average Bonchev–Trinajstić information content (AvgIpc) is 2.52. The summed E-state index contributed by atoms with van der Waals surface area (Å²) < 4.78 is 39.9. The third kappa shape index (κ3) is 3.91. The lowest BCUT2D eigenvalue weighted by Gasteiger charge is -2.19. The number of hydrogen-bond acceptors (Lipinski definition) is 7. The largest absolute Gasteiger partial charge is 0.445 e. The van der Waals surface area contributed by atoms with Gasteiger partial charge < -0.3 is 16.2 Å². The maximum atomic E-state index is 8.49. The Morgan fingerprint density at radius 2 is 1.48 bits per heavy atom. The highest BCUT2D eigenvalue weighted by Gasteiger charge is 2.24. The second-order valence-electron chi connectivity index (χ2n) is 5.34. The van der Waals surface area contributed by atoms with Crippen molar-refractivity contribution in [3.63, 3.8) is 0 Å². The van der Waals surface area contributed by atoms with Gasteiger partial charge in [0.25, 0.3) is 0 Å². The van der Waals surface area contributed by atoms with Crippen molar-refractivity contribution in [1.82, 2.24) is 0 Å². The van der Waals surface area contributed by atoms with Crippen LogP contribution in [-0.2, 0) is 0 Å². The van der Waals surface area contributed by atoms with Crippen molar-refractivity contribution in [2.24, 2.45) is 0 Å². The van der Waals surface area contributed by atoms with Crippen LogP contribution in [0.2, 0.25) is 0 Å². The van der Waals surface area contributed by atoms with Crippen LogP contribution in [0.3, 0.4) is 0 Å². The molecular weight excluding hydrogens is 350 g/mol. The molecule has 0 saturated heterocycles. The van der Waals surface area contributed by atoms with Gasteiger partial charge in [-0.3, -0.25) is 5.32 Å². The Hall–Kier alpha value is -2.59. The molecule has 25 heavy (non-hydrogen) atoms. The molecule has 0 radical (unpaired) electrons. The SMILES string of the molecule is Nc1ccc2c(c1)Oc1cc(N)c3ccccc3c1[NH2+]2.[O-][Cl+3]([O-])([O-])[O-]. The van der Waals surface area contributed by atoms with Crippen molar-refractivity contribution in [3.8, 4) is 11.5 Å². The van der Waals surface area contributed by atoms with Crippen LogP contribution in [0, 0.1) is 10.2 Å². The Kier molecular flexibility index (Phi) is 4.39. The van der Waals surface area contributed by atoms with Gasteiger partial charge in [0.15, 0.2) is 22.9 Å². The van der Waals surface area contributed by atoms with Gasteiger partial charge in [-0.05, 0) is 12.1 Å². The fraction of sp³-hybridized carbons (Fsp3) is 0. The van der Waals surface area contributed by atoms with Gasteiger partial charge >= 0.3 is 0 Å². The molecule has 0 spiro atoms. The van der Waals surface area contributed by atoms with Crippen molar-refractivity contribution in [2.75, 3.05) is 11.5 Å². The van der Waals surface area contributed by atoms with Gasteiger partial charge in [0.2, 0.25) is 0 Å². The van der Waals surface area contributed by atoms with Gasteiger partial charge in [-0.25, -0.2) is 18.6 Å². The second kappa shape index (κ2) is 6.37. The molecule has 0 fully saturated rings. The van der Waals surface area contributed by atoms with Crippen molar-refractivity contribution < 1.29 is 38.9 Å². The van der Waals surface area contributed by atoms with E-state index in [2.05, 4.69) is 11.4 Å². The zero-order valence-electron chi connectivity index (χ0n) is 12.8. The van der Waals surface area contributed by atoms with Crippen LogP contribution in [0.25, 0.3) is 10.8 Å². The summed E-state index contributed by atoms with van der Waals surface area (Å²) >= 11 is 0. The summed E-state index contributed by atoms with van der Waals surface area (Å²) in [6, 6.07) is 15.6. The Bertz CT molecular complexity index is 937. The van der Waals surface area contributed by atoms with Gasteiger partial charge in [0.1, 0.15) is 0 Å². The van der Waals surface area contributed by atoms with E-state index in [0.29, 0.717) is 5.69 Å². The number of benzene rings is 3. The molecule has 1 heterocycles. The summed E-state index contributed by atoms with van der Waals surface area (Å²) in [7, 11) is -4.94. The summed E-state index contributed by atoms with van der Waals surface area (Å²) in [6.07, 6.45) is 0. The van der Waals surface area contributed by atoms with Crippen LogP contribution < -0.4 is 40.2 Å². The van der Waals surface area contributed by atoms with E-state index in [4.69, 9.17) is 34.8 Å². The molecule has 1 aliphatic heterocycles. The summed E-state index contributed by atoms with van der Waals surface area (Å²) in [6.45, 7) is 0. The molecule has 6 N–H and O–H groups in total. The third-order valence-electron chi connectivity index (χ3n) is 3.64. The van der Waals surface area contributed by atoms with E-state index < -0.39 is 10.2 Å². The topological polar surface area (TPSA) is 170 Å². The Morgan fingerprint density at radius 3 is 2.16 bits per heavy atom. The number of nitrogen functional groups attached to an aromatic ring is 2. The first-order chi connectivity index (χ1) is 11.7. The quantitative estimate of drug-likeness (QED) is 0.300. The first-order valence-corrected chi connectivity index (χ1v) is 8.31. The predicted octanol–water partition coefficient (Wildman–Crippen LogP) is -2.12. The van der Waals surface area contributed by atoms with Crippen LogP contribution in [-0.4, -0.2) is 0 Å². The predicted molar refractivity (Wildman–Crippen MR) is 80.5 cm³/mol. The van der Waals surface area contributed by atoms with Gasteiger partial charge in [0, 0.05) is 40.3 Å². The van der Waals surface area contributed by atoms with Crippen LogP contribution in [0.4, 0.5) is 22.7 Å². The lowest BCUT2D eigenvalue weighted by molar-refractivity contribution is -2.00. The summed E-state index contributed by atoms with van der Waals surface area (Å²) in [4.78, 5) is 0. The number of quaternary nitrogens is 1. The maximum Gasteiger partial charge on any atom is 0.191 e. The van der Waals surface area contributed by atoms with Crippen LogP contribution >= 0.6 is 0 Å². The Morgan fingerprint density at radius 1 is 0.840 bits per heavy atom. The number of halogens is 1. The molecule has 0 unspecified atom stereocenters. The van der Waals surface area contributed by atoms with E-state index in [1.165, 1.54) is 0 Å². The highest BCUT2D eigenvalue weighted by atomic mass is 35.7. The van der Waals surface area contributed by atoms with Gasteiger partial charge in [-0.15, -0.1) is 10.2 Å². The zero-order valence-corrected chi connectivity index (χ0v) is 13.5. The molecular formula is C16H14ClN3O5. The molecule has 0 atom stereocenters. The van der Waals surface area contributed by atoms with Crippen LogP contribution in [0.5, 0.6) is 11.5 Å². The molecule has 3 aromatic carbocycles. The number of fused-ring (bicyclic) bond motifs is 4. The standard InChI is InChI=1S/C16H13N3O.ClHO4/c17-9-5-6-13-14(7-9)20-15-8-12(18)10-3-1-2-4-11(10)16(15)19-13;2-1(3,4)5/h1-8,19H,17-18H2;(H,2,3,4,5). The van der Waals surface area contributed by atoms with Crippen molar-refractivity contribution in [2.45, 2.75) is 0 Å². The summed E-state index contributed by atoms with van der Waals surface area (Å²) in [5.74, 6) is 1.55. The lowest BCUT2D eigenvalue weighted by atomic mass is 10.0.